The summed E-state index contributed by atoms with van der Waals surface area (Å²) in [5, 5.41) is 2.22. The van der Waals surface area contributed by atoms with E-state index in [1.54, 1.807) is 0 Å². The van der Waals surface area contributed by atoms with Crippen molar-refractivity contribution in [1.82, 2.24) is 0 Å². The maximum Gasteiger partial charge on any atom is 0.142 e. The molecule has 3 aromatic rings. The van der Waals surface area contributed by atoms with Gasteiger partial charge in [-0.25, -0.2) is 0 Å². The first-order valence-electron chi connectivity index (χ1n) is 10.4. The zero-order valence-electron chi connectivity index (χ0n) is 17.2. The second kappa shape index (κ2) is 9.16. The van der Waals surface area contributed by atoms with Gasteiger partial charge in [0.2, 0.25) is 0 Å². The minimum atomic E-state index is 0.722. The first-order chi connectivity index (χ1) is 13.1. The van der Waals surface area contributed by atoms with Crippen LogP contribution >= 0.6 is 0 Å². The van der Waals surface area contributed by atoms with E-state index in [1.165, 1.54) is 36.8 Å². The van der Waals surface area contributed by atoms with Crippen LogP contribution in [-0.2, 0) is 0 Å². The van der Waals surface area contributed by atoms with Crippen LogP contribution in [0.5, 0.6) is 11.5 Å². The zero-order chi connectivity index (χ0) is 19.2. The molecular weight excluding hydrogens is 336 g/mol. The van der Waals surface area contributed by atoms with Gasteiger partial charge in [-0.1, -0.05) is 45.6 Å². The fourth-order valence-electron chi connectivity index (χ4n) is 3.61. The summed E-state index contributed by atoms with van der Waals surface area (Å²) in [5.74, 6) is 1.71. The molecule has 0 amide bonds. The molecule has 0 radical (unpaired) electrons. The van der Waals surface area contributed by atoms with E-state index in [0.717, 1.165) is 59.5 Å². The van der Waals surface area contributed by atoms with Crippen LogP contribution in [0, 0.1) is 13.8 Å². The quantitative estimate of drug-likeness (QED) is 0.351. The second-order valence-corrected chi connectivity index (χ2v) is 7.46. The average Bonchev–Trinajstić information content (AvgIpc) is 3.00. The fourth-order valence-corrected chi connectivity index (χ4v) is 3.61. The summed E-state index contributed by atoms with van der Waals surface area (Å²) in [6.07, 6.45) is 6.88. The van der Waals surface area contributed by atoms with Crippen molar-refractivity contribution >= 4 is 21.9 Å². The number of aryl methyl sites for hydroxylation is 2. The van der Waals surface area contributed by atoms with Gasteiger partial charge >= 0.3 is 0 Å². The Labute approximate surface area is 162 Å². The molecule has 27 heavy (non-hydrogen) atoms. The molecule has 0 unspecified atom stereocenters. The first kappa shape index (κ1) is 19.6. The van der Waals surface area contributed by atoms with Crippen molar-refractivity contribution < 1.29 is 13.9 Å². The Kier molecular flexibility index (Phi) is 6.65. The first-order valence-corrected chi connectivity index (χ1v) is 10.4. The Morgan fingerprint density at radius 3 is 2.11 bits per heavy atom. The molecule has 0 saturated heterocycles. The maximum absolute atomic E-state index is 6.20. The maximum atomic E-state index is 6.20. The van der Waals surface area contributed by atoms with Crippen molar-refractivity contribution in [2.24, 2.45) is 0 Å². The van der Waals surface area contributed by atoms with Crippen LogP contribution in [0.1, 0.15) is 63.5 Å². The van der Waals surface area contributed by atoms with E-state index in [-0.39, 0.29) is 0 Å². The molecule has 0 fully saturated rings. The number of fused-ring (bicyclic) bond motifs is 3. The van der Waals surface area contributed by atoms with Gasteiger partial charge < -0.3 is 13.9 Å². The van der Waals surface area contributed by atoms with Crippen LogP contribution < -0.4 is 9.47 Å². The Hall–Kier alpha value is -2.16. The molecule has 1 aromatic heterocycles. The minimum Gasteiger partial charge on any atom is -0.493 e. The Balaban J connectivity index is 1.99. The molecule has 0 spiro atoms. The molecule has 3 heteroatoms. The van der Waals surface area contributed by atoms with Crippen LogP contribution in [0.15, 0.2) is 28.7 Å². The smallest absolute Gasteiger partial charge is 0.142 e. The minimum absolute atomic E-state index is 0.722. The summed E-state index contributed by atoms with van der Waals surface area (Å²) in [4.78, 5) is 0. The average molecular weight is 369 g/mol. The van der Waals surface area contributed by atoms with Gasteiger partial charge in [-0.3, -0.25) is 0 Å². The number of hydrogen-bond acceptors (Lipinski definition) is 3. The van der Waals surface area contributed by atoms with Gasteiger partial charge in [0.1, 0.15) is 22.7 Å². The van der Waals surface area contributed by atoms with Crippen LogP contribution in [0.4, 0.5) is 0 Å². The number of hydrogen-bond donors (Lipinski definition) is 0. The molecule has 146 valence electrons. The molecule has 0 atom stereocenters. The topological polar surface area (TPSA) is 31.6 Å². The third kappa shape index (κ3) is 4.58. The standard InChI is InChI=1S/C24H32O3/c1-5-7-9-11-25-19-15-20(26-12-10-8-6-2)24-22(16-19)27-21-14-17(3)13-18(4)23(21)24/h13-16H,5-12H2,1-4H3. The molecule has 3 rings (SSSR count). The van der Waals surface area contributed by atoms with Gasteiger partial charge in [0.05, 0.1) is 18.6 Å². The van der Waals surface area contributed by atoms with Gasteiger partial charge in [0, 0.05) is 17.5 Å². The summed E-state index contributed by atoms with van der Waals surface area (Å²) < 4.78 is 18.4. The normalized spacial score (nSPS) is 11.4. The molecule has 0 N–H and O–H groups in total. The summed E-state index contributed by atoms with van der Waals surface area (Å²) in [7, 11) is 0. The number of benzene rings is 2. The van der Waals surface area contributed by atoms with E-state index in [4.69, 9.17) is 13.9 Å². The Bertz CT molecular complexity index is 892. The van der Waals surface area contributed by atoms with E-state index >= 15 is 0 Å². The highest BCUT2D eigenvalue weighted by molar-refractivity contribution is 6.10. The Morgan fingerprint density at radius 2 is 1.41 bits per heavy atom. The van der Waals surface area contributed by atoms with Crippen LogP contribution in [-0.4, -0.2) is 13.2 Å². The van der Waals surface area contributed by atoms with E-state index < -0.39 is 0 Å². The third-order valence-electron chi connectivity index (χ3n) is 4.98. The highest BCUT2D eigenvalue weighted by Crippen LogP contribution is 2.40. The predicted molar refractivity (Wildman–Crippen MR) is 113 cm³/mol. The molecule has 0 aliphatic heterocycles. The zero-order valence-corrected chi connectivity index (χ0v) is 17.2. The summed E-state index contributed by atoms with van der Waals surface area (Å²) in [5.41, 5.74) is 4.19. The van der Waals surface area contributed by atoms with Crippen LogP contribution in [0.2, 0.25) is 0 Å². The lowest BCUT2D eigenvalue weighted by Gasteiger charge is -2.11. The van der Waals surface area contributed by atoms with E-state index in [2.05, 4.69) is 39.8 Å². The van der Waals surface area contributed by atoms with Crippen molar-refractivity contribution in [2.75, 3.05) is 13.2 Å². The van der Waals surface area contributed by atoms with Gasteiger partial charge in [-0.2, -0.15) is 0 Å². The molecule has 0 saturated carbocycles. The highest BCUT2D eigenvalue weighted by Gasteiger charge is 2.17. The number of rotatable bonds is 10. The van der Waals surface area contributed by atoms with Crippen LogP contribution in [0.3, 0.4) is 0 Å². The number of furan rings is 1. The molecule has 0 aliphatic carbocycles. The van der Waals surface area contributed by atoms with Gasteiger partial charge in [-0.15, -0.1) is 0 Å². The molecule has 2 aromatic carbocycles. The highest BCUT2D eigenvalue weighted by atomic mass is 16.5. The van der Waals surface area contributed by atoms with Crippen molar-refractivity contribution in [2.45, 2.75) is 66.2 Å². The van der Waals surface area contributed by atoms with Gasteiger partial charge in [-0.05, 0) is 43.9 Å². The predicted octanol–water partition coefficient (Wildman–Crippen LogP) is 7.34. The molecule has 0 bridgehead atoms. The lowest BCUT2D eigenvalue weighted by atomic mass is 10.0. The van der Waals surface area contributed by atoms with Gasteiger partial charge in [0.15, 0.2) is 0 Å². The number of ether oxygens (including phenoxy) is 2. The van der Waals surface area contributed by atoms with Crippen molar-refractivity contribution in [3.05, 3.63) is 35.4 Å². The second-order valence-electron chi connectivity index (χ2n) is 7.46. The summed E-state index contributed by atoms with van der Waals surface area (Å²) in [6.45, 7) is 10.1. The fraction of sp³-hybridized carbons (Fsp3) is 0.500. The molecule has 0 aliphatic rings. The third-order valence-corrected chi connectivity index (χ3v) is 4.98. The van der Waals surface area contributed by atoms with Crippen molar-refractivity contribution in [3.63, 3.8) is 0 Å². The number of unbranched alkanes of at least 4 members (excludes halogenated alkanes) is 4. The van der Waals surface area contributed by atoms with Crippen molar-refractivity contribution in [1.29, 1.82) is 0 Å². The van der Waals surface area contributed by atoms with E-state index in [9.17, 15) is 0 Å². The molecular formula is C24H32O3. The van der Waals surface area contributed by atoms with E-state index in [0.29, 0.717) is 0 Å². The van der Waals surface area contributed by atoms with Crippen molar-refractivity contribution in [3.8, 4) is 11.5 Å². The van der Waals surface area contributed by atoms with Gasteiger partial charge in [0.25, 0.3) is 0 Å². The van der Waals surface area contributed by atoms with Crippen LogP contribution in [0.25, 0.3) is 21.9 Å². The lowest BCUT2D eigenvalue weighted by molar-refractivity contribution is 0.293. The molecule has 3 nitrogen and oxygen atoms in total. The Morgan fingerprint density at radius 1 is 0.741 bits per heavy atom. The molecule has 1 heterocycles. The summed E-state index contributed by atoms with van der Waals surface area (Å²) >= 11 is 0. The monoisotopic (exact) mass is 368 g/mol. The summed E-state index contributed by atoms with van der Waals surface area (Å²) in [6, 6.07) is 8.35. The largest absolute Gasteiger partial charge is 0.493 e. The lowest BCUT2D eigenvalue weighted by Crippen LogP contribution is -2.00. The SMILES string of the molecule is CCCCCOc1cc(OCCCCC)c2c(c1)oc1cc(C)cc(C)c12. The van der Waals surface area contributed by atoms with E-state index in [1.807, 2.05) is 12.1 Å².